The van der Waals surface area contributed by atoms with Gasteiger partial charge in [-0.25, -0.2) is 8.42 Å². The molecule has 0 aliphatic rings. The predicted octanol–water partition coefficient (Wildman–Crippen LogP) is 3.89. The van der Waals surface area contributed by atoms with E-state index in [0.717, 1.165) is 11.1 Å². The molecule has 0 amide bonds. The standard InChI is InChI=1S/C19H21N3O3S/c1-13(2)19-20-18(21-25-19)12-15-6-8-16(9-7-15)22-26(23,24)17-10-4-14(3)5-11-17/h4-11,13,22H,12H2,1-3H3. The molecule has 0 bridgehead atoms. The van der Waals surface area contributed by atoms with E-state index in [9.17, 15) is 8.42 Å². The zero-order valence-corrected chi connectivity index (χ0v) is 15.7. The fraction of sp³-hybridized carbons (Fsp3) is 0.263. The van der Waals surface area contributed by atoms with E-state index in [2.05, 4.69) is 14.9 Å². The van der Waals surface area contributed by atoms with Gasteiger partial charge in [0.1, 0.15) is 0 Å². The average Bonchev–Trinajstić information content (AvgIpc) is 3.06. The Balaban J connectivity index is 1.70. The van der Waals surface area contributed by atoms with Crippen LogP contribution >= 0.6 is 0 Å². The molecule has 1 N–H and O–H groups in total. The molecule has 26 heavy (non-hydrogen) atoms. The van der Waals surface area contributed by atoms with E-state index in [0.29, 0.717) is 23.8 Å². The van der Waals surface area contributed by atoms with Crippen molar-refractivity contribution in [1.82, 2.24) is 10.1 Å². The fourth-order valence-electron chi connectivity index (χ4n) is 2.38. The molecule has 0 radical (unpaired) electrons. The average molecular weight is 371 g/mol. The highest BCUT2D eigenvalue weighted by Crippen LogP contribution is 2.19. The topological polar surface area (TPSA) is 85.1 Å². The maximum absolute atomic E-state index is 12.4. The zero-order valence-electron chi connectivity index (χ0n) is 14.9. The van der Waals surface area contributed by atoms with Crippen LogP contribution < -0.4 is 4.72 Å². The van der Waals surface area contributed by atoms with E-state index in [-0.39, 0.29) is 10.8 Å². The van der Waals surface area contributed by atoms with Crippen molar-refractivity contribution in [2.24, 2.45) is 0 Å². The van der Waals surface area contributed by atoms with E-state index in [4.69, 9.17) is 4.52 Å². The first-order valence-corrected chi connectivity index (χ1v) is 9.83. The molecule has 1 heterocycles. The molecule has 3 aromatic rings. The summed E-state index contributed by atoms with van der Waals surface area (Å²) >= 11 is 0. The second kappa shape index (κ2) is 7.29. The first-order chi connectivity index (χ1) is 12.3. The summed E-state index contributed by atoms with van der Waals surface area (Å²) in [6.45, 7) is 5.90. The molecule has 0 saturated carbocycles. The zero-order chi connectivity index (χ0) is 18.7. The predicted molar refractivity (Wildman–Crippen MR) is 99.6 cm³/mol. The van der Waals surface area contributed by atoms with Crippen LogP contribution in [0.2, 0.25) is 0 Å². The minimum absolute atomic E-state index is 0.190. The highest BCUT2D eigenvalue weighted by molar-refractivity contribution is 7.92. The van der Waals surface area contributed by atoms with Crippen molar-refractivity contribution in [2.45, 2.75) is 38.0 Å². The van der Waals surface area contributed by atoms with Crippen LogP contribution in [0.4, 0.5) is 5.69 Å². The number of aryl methyl sites for hydroxylation is 1. The number of benzene rings is 2. The quantitative estimate of drug-likeness (QED) is 0.710. The molecule has 7 heteroatoms. The number of hydrogen-bond acceptors (Lipinski definition) is 5. The Morgan fingerprint density at radius 3 is 2.27 bits per heavy atom. The van der Waals surface area contributed by atoms with Crippen LogP contribution in [0.3, 0.4) is 0 Å². The molecule has 0 saturated heterocycles. The van der Waals surface area contributed by atoms with Crippen LogP contribution in [0.15, 0.2) is 57.9 Å². The molecular weight excluding hydrogens is 350 g/mol. The molecule has 0 atom stereocenters. The van der Waals surface area contributed by atoms with Gasteiger partial charge in [-0.3, -0.25) is 4.72 Å². The third-order valence-corrected chi connectivity index (χ3v) is 5.27. The van der Waals surface area contributed by atoms with Gasteiger partial charge in [-0.05, 0) is 36.8 Å². The number of rotatable bonds is 6. The number of aromatic nitrogens is 2. The van der Waals surface area contributed by atoms with Gasteiger partial charge in [-0.15, -0.1) is 0 Å². The van der Waals surface area contributed by atoms with Crippen molar-refractivity contribution in [1.29, 1.82) is 0 Å². The number of nitrogens with one attached hydrogen (secondary N) is 1. The second-order valence-electron chi connectivity index (χ2n) is 6.50. The van der Waals surface area contributed by atoms with Crippen LogP contribution in [0.25, 0.3) is 0 Å². The SMILES string of the molecule is Cc1ccc(S(=O)(=O)Nc2ccc(Cc3noc(C(C)C)n3)cc2)cc1. The van der Waals surface area contributed by atoms with Gasteiger partial charge < -0.3 is 4.52 Å². The Morgan fingerprint density at radius 2 is 1.69 bits per heavy atom. The van der Waals surface area contributed by atoms with Crippen molar-refractivity contribution in [2.75, 3.05) is 4.72 Å². The summed E-state index contributed by atoms with van der Waals surface area (Å²) in [5, 5.41) is 3.96. The maximum atomic E-state index is 12.4. The summed E-state index contributed by atoms with van der Waals surface area (Å²) in [5.74, 6) is 1.42. The first kappa shape index (κ1) is 18.1. The molecule has 6 nitrogen and oxygen atoms in total. The number of nitrogens with zero attached hydrogens (tertiary/aromatic N) is 2. The smallest absolute Gasteiger partial charge is 0.261 e. The second-order valence-corrected chi connectivity index (χ2v) is 8.18. The van der Waals surface area contributed by atoms with Gasteiger partial charge in [0.25, 0.3) is 10.0 Å². The highest BCUT2D eigenvalue weighted by atomic mass is 32.2. The Labute approximate surface area is 153 Å². The monoisotopic (exact) mass is 371 g/mol. The summed E-state index contributed by atoms with van der Waals surface area (Å²) in [5.41, 5.74) is 2.49. The largest absolute Gasteiger partial charge is 0.339 e. The van der Waals surface area contributed by atoms with Gasteiger partial charge in [0.05, 0.1) is 4.90 Å². The van der Waals surface area contributed by atoms with Gasteiger partial charge in [-0.1, -0.05) is 48.8 Å². The summed E-state index contributed by atoms with van der Waals surface area (Å²) in [6, 6.07) is 13.9. The van der Waals surface area contributed by atoms with E-state index >= 15 is 0 Å². The third kappa shape index (κ3) is 4.29. The van der Waals surface area contributed by atoms with Gasteiger partial charge in [-0.2, -0.15) is 4.98 Å². The van der Waals surface area contributed by atoms with Gasteiger partial charge in [0.15, 0.2) is 5.82 Å². The molecule has 1 aromatic heterocycles. The van der Waals surface area contributed by atoms with Gasteiger partial charge >= 0.3 is 0 Å². The van der Waals surface area contributed by atoms with Crippen LogP contribution in [0.1, 0.15) is 42.6 Å². The molecule has 3 rings (SSSR count). The normalized spacial score (nSPS) is 11.7. The molecular formula is C19H21N3O3S. The number of anilines is 1. The lowest BCUT2D eigenvalue weighted by Gasteiger charge is -2.09. The van der Waals surface area contributed by atoms with Crippen LogP contribution in [-0.2, 0) is 16.4 Å². The van der Waals surface area contributed by atoms with E-state index in [1.54, 1.807) is 36.4 Å². The summed E-state index contributed by atoms with van der Waals surface area (Å²) in [6.07, 6.45) is 0.529. The van der Waals surface area contributed by atoms with E-state index < -0.39 is 10.0 Å². The van der Waals surface area contributed by atoms with Crippen molar-refractivity contribution in [3.63, 3.8) is 0 Å². The minimum Gasteiger partial charge on any atom is -0.339 e. The minimum atomic E-state index is -3.60. The number of sulfonamides is 1. The third-order valence-electron chi connectivity index (χ3n) is 3.88. The lowest BCUT2D eigenvalue weighted by atomic mass is 10.1. The molecule has 0 aliphatic heterocycles. The first-order valence-electron chi connectivity index (χ1n) is 8.34. The maximum Gasteiger partial charge on any atom is 0.261 e. The molecule has 136 valence electrons. The van der Waals surface area contributed by atoms with Crippen LogP contribution in [0, 0.1) is 6.92 Å². The van der Waals surface area contributed by atoms with Crippen LogP contribution in [-0.4, -0.2) is 18.6 Å². The summed E-state index contributed by atoms with van der Waals surface area (Å²) in [7, 11) is -3.60. The Kier molecular flexibility index (Phi) is 5.08. The van der Waals surface area contributed by atoms with Crippen molar-refractivity contribution in [3.8, 4) is 0 Å². The number of hydrogen-bond donors (Lipinski definition) is 1. The fourth-order valence-corrected chi connectivity index (χ4v) is 3.44. The molecule has 0 spiro atoms. The van der Waals surface area contributed by atoms with E-state index in [1.807, 2.05) is 32.9 Å². The Bertz CT molecular complexity index is 976. The lowest BCUT2D eigenvalue weighted by molar-refractivity contribution is 0.361. The molecule has 2 aromatic carbocycles. The van der Waals surface area contributed by atoms with Gasteiger partial charge in [0.2, 0.25) is 5.89 Å². The van der Waals surface area contributed by atoms with Gasteiger partial charge in [0, 0.05) is 18.0 Å². The molecule has 0 fully saturated rings. The van der Waals surface area contributed by atoms with Crippen molar-refractivity contribution in [3.05, 3.63) is 71.4 Å². The summed E-state index contributed by atoms with van der Waals surface area (Å²) < 4.78 is 32.6. The van der Waals surface area contributed by atoms with E-state index in [1.165, 1.54) is 0 Å². The molecule has 0 unspecified atom stereocenters. The molecule has 0 aliphatic carbocycles. The Morgan fingerprint density at radius 1 is 1.04 bits per heavy atom. The lowest BCUT2D eigenvalue weighted by Crippen LogP contribution is -2.12. The Hall–Kier alpha value is -2.67. The highest BCUT2D eigenvalue weighted by Gasteiger charge is 2.14. The van der Waals surface area contributed by atoms with Crippen molar-refractivity contribution < 1.29 is 12.9 Å². The summed E-state index contributed by atoms with van der Waals surface area (Å²) in [4.78, 5) is 4.58. The van der Waals surface area contributed by atoms with Crippen LogP contribution in [0.5, 0.6) is 0 Å². The van der Waals surface area contributed by atoms with Crippen molar-refractivity contribution >= 4 is 15.7 Å².